The summed E-state index contributed by atoms with van der Waals surface area (Å²) in [4.78, 5) is 35.6. The van der Waals surface area contributed by atoms with Crippen molar-refractivity contribution in [2.24, 2.45) is 0 Å². The minimum absolute atomic E-state index is 0.134. The molecule has 0 aliphatic carbocycles. The normalized spacial score (nSPS) is 10.6. The molecule has 8 nitrogen and oxygen atoms in total. The largest absolute Gasteiger partial charge is 0.494 e. The first kappa shape index (κ1) is 31.9. The van der Waals surface area contributed by atoms with Gasteiger partial charge in [-0.05, 0) is 67.8 Å². The number of methoxy groups -OCH3 is 1. The summed E-state index contributed by atoms with van der Waals surface area (Å²) in [6.45, 7) is 9.85. The van der Waals surface area contributed by atoms with Crippen molar-refractivity contribution >= 4 is 24.0 Å². The van der Waals surface area contributed by atoms with Crippen LogP contribution < -0.4 is 14.2 Å². The molecular formula is C32H38O8. The van der Waals surface area contributed by atoms with E-state index in [-0.39, 0.29) is 18.3 Å². The van der Waals surface area contributed by atoms with E-state index in [9.17, 15) is 14.4 Å². The van der Waals surface area contributed by atoms with E-state index >= 15 is 0 Å². The number of esters is 3. The molecule has 214 valence electrons. The number of benzene rings is 2. The Kier molecular flexibility index (Phi) is 14.4. The molecule has 0 aliphatic heterocycles. The molecule has 0 aromatic heterocycles. The van der Waals surface area contributed by atoms with Crippen LogP contribution in [0.25, 0.3) is 6.08 Å². The third-order valence-electron chi connectivity index (χ3n) is 5.62. The summed E-state index contributed by atoms with van der Waals surface area (Å²) in [5.74, 6) is -0.0716. The molecule has 0 fully saturated rings. The second-order valence-electron chi connectivity index (χ2n) is 8.96. The molecule has 0 radical (unpaired) electrons. The second-order valence-corrected chi connectivity index (χ2v) is 8.96. The number of unbranched alkanes of at least 4 members (excludes halogenated alkanes) is 5. The van der Waals surface area contributed by atoms with Crippen molar-refractivity contribution in [2.75, 3.05) is 26.9 Å². The Balaban J connectivity index is 1.72. The van der Waals surface area contributed by atoms with Crippen LogP contribution in [0.2, 0.25) is 0 Å². The molecule has 0 unspecified atom stereocenters. The van der Waals surface area contributed by atoms with Gasteiger partial charge in [-0.25, -0.2) is 14.4 Å². The maximum Gasteiger partial charge on any atom is 0.343 e. The zero-order chi connectivity index (χ0) is 29.2. The Hall–Kier alpha value is -4.33. The molecular weight excluding hydrogens is 512 g/mol. The molecule has 0 atom stereocenters. The van der Waals surface area contributed by atoms with Gasteiger partial charge in [0, 0.05) is 11.6 Å². The summed E-state index contributed by atoms with van der Waals surface area (Å²) in [7, 11) is 1.47. The lowest BCUT2D eigenvalue weighted by molar-refractivity contribution is -0.139. The van der Waals surface area contributed by atoms with Crippen molar-refractivity contribution in [2.45, 2.75) is 45.4 Å². The van der Waals surface area contributed by atoms with Crippen LogP contribution in [0.15, 0.2) is 73.3 Å². The van der Waals surface area contributed by atoms with E-state index in [0.29, 0.717) is 41.4 Å². The smallest absolute Gasteiger partial charge is 0.343 e. The minimum atomic E-state index is -0.532. The van der Waals surface area contributed by atoms with Gasteiger partial charge in [-0.15, -0.1) is 0 Å². The molecule has 0 saturated carbocycles. The maximum absolute atomic E-state index is 12.7. The van der Waals surface area contributed by atoms with E-state index in [4.69, 9.17) is 23.7 Å². The summed E-state index contributed by atoms with van der Waals surface area (Å²) in [5, 5.41) is 0. The predicted molar refractivity (Wildman–Crippen MR) is 154 cm³/mol. The zero-order valence-corrected chi connectivity index (χ0v) is 23.3. The van der Waals surface area contributed by atoms with E-state index in [1.54, 1.807) is 55.5 Å². The standard InChI is InChI=1S/C32H38O8/c1-5-20-38-30(33)19-13-25-12-18-28(29(23-25)36-4)40-32(35)26-14-16-27(17-15-26)37-21-10-8-6-7-9-11-22-39-31(34)24(2)3/h5,12-19,23H,1-2,6-11,20-22H2,3-4H3/b19-13+. The lowest BCUT2D eigenvalue weighted by Gasteiger charge is -2.11. The number of hydrogen-bond donors (Lipinski definition) is 0. The molecule has 0 bridgehead atoms. The van der Waals surface area contributed by atoms with E-state index < -0.39 is 11.9 Å². The minimum Gasteiger partial charge on any atom is -0.494 e. The number of carbonyl (C=O) groups is 3. The molecule has 0 heterocycles. The number of carbonyl (C=O) groups excluding carboxylic acids is 3. The Bertz CT molecular complexity index is 1160. The molecule has 2 rings (SSSR count). The van der Waals surface area contributed by atoms with Crippen LogP contribution in [-0.2, 0) is 19.1 Å². The average Bonchev–Trinajstić information content (AvgIpc) is 2.96. The van der Waals surface area contributed by atoms with Crippen molar-refractivity contribution < 1.29 is 38.1 Å². The highest BCUT2D eigenvalue weighted by Gasteiger charge is 2.13. The molecule has 40 heavy (non-hydrogen) atoms. The van der Waals surface area contributed by atoms with Crippen molar-refractivity contribution in [3.05, 3.63) is 84.5 Å². The van der Waals surface area contributed by atoms with Gasteiger partial charge >= 0.3 is 17.9 Å². The van der Waals surface area contributed by atoms with E-state index in [1.165, 1.54) is 19.3 Å². The van der Waals surface area contributed by atoms with Crippen LogP contribution in [-0.4, -0.2) is 44.8 Å². The molecule has 2 aromatic rings. The Morgan fingerprint density at radius 2 is 1.52 bits per heavy atom. The average molecular weight is 551 g/mol. The van der Waals surface area contributed by atoms with E-state index in [0.717, 1.165) is 38.5 Å². The Morgan fingerprint density at radius 3 is 2.17 bits per heavy atom. The van der Waals surface area contributed by atoms with Crippen LogP contribution in [0.1, 0.15) is 61.4 Å². The lowest BCUT2D eigenvalue weighted by atomic mass is 10.1. The fourth-order valence-electron chi connectivity index (χ4n) is 3.46. The van der Waals surface area contributed by atoms with Gasteiger partial charge in [-0.3, -0.25) is 0 Å². The molecule has 0 aliphatic rings. The zero-order valence-electron chi connectivity index (χ0n) is 23.3. The SMILES string of the molecule is C=CCOC(=O)/C=C/c1ccc(OC(=O)c2ccc(OCCCCCCCCOC(=O)C(=C)C)cc2)c(OC)c1. The highest BCUT2D eigenvalue weighted by molar-refractivity contribution is 5.91. The van der Waals surface area contributed by atoms with Gasteiger partial charge in [-0.2, -0.15) is 0 Å². The molecule has 0 amide bonds. The summed E-state index contributed by atoms with van der Waals surface area (Å²) < 4.78 is 26.6. The third-order valence-corrected chi connectivity index (χ3v) is 5.62. The Morgan fingerprint density at radius 1 is 0.850 bits per heavy atom. The van der Waals surface area contributed by atoms with Gasteiger partial charge in [0.15, 0.2) is 11.5 Å². The molecule has 0 saturated heterocycles. The molecule has 8 heteroatoms. The third kappa shape index (κ3) is 12.0. The quantitative estimate of drug-likeness (QED) is 0.0683. The lowest BCUT2D eigenvalue weighted by Crippen LogP contribution is -2.09. The molecule has 0 spiro atoms. The van der Waals surface area contributed by atoms with Crippen molar-refractivity contribution in [1.82, 2.24) is 0 Å². The summed E-state index contributed by atoms with van der Waals surface area (Å²) in [6.07, 6.45) is 10.4. The monoisotopic (exact) mass is 550 g/mol. The predicted octanol–water partition coefficient (Wildman–Crippen LogP) is 6.50. The molecule has 2 aromatic carbocycles. The summed E-state index contributed by atoms with van der Waals surface area (Å²) >= 11 is 0. The first-order valence-electron chi connectivity index (χ1n) is 13.3. The molecule has 0 N–H and O–H groups in total. The van der Waals surface area contributed by atoms with E-state index in [2.05, 4.69) is 13.2 Å². The Labute approximate surface area is 236 Å². The van der Waals surface area contributed by atoms with Gasteiger partial charge in [0.2, 0.25) is 0 Å². The fourth-order valence-corrected chi connectivity index (χ4v) is 3.46. The van der Waals surface area contributed by atoms with Crippen LogP contribution in [0.5, 0.6) is 17.2 Å². The number of ether oxygens (including phenoxy) is 5. The van der Waals surface area contributed by atoms with Gasteiger partial charge in [0.25, 0.3) is 0 Å². The highest BCUT2D eigenvalue weighted by Crippen LogP contribution is 2.29. The van der Waals surface area contributed by atoms with Crippen LogP contribution in [0.4, 0.5) is 0 Å². The van der Waals surface area contributed by atoms with Crippen molar-refractivity contribution in [1.29, 1.82) is 0 Å². The van der Waals surface area contributed by atoms with Crippen molar-refractivity contribution in [3.63, 3.8) is 0 Å². The van der Waals surface area contributed by atoms with Gasteiger partial charge in [-0.1, -0.05) is 51.0 Å². The van der Waals surface area contributed by atoms with Crippen molar-refractivity contribution in [3.8, 4) is 17.2 Å². The van der Waals surface area contributed by atoms with Crippen LogP contribution in [0, 0.1) is 0 Å². The number of hydrogen-bond acceptors (Lipinski definition) is 8. The summed E-state index contributed by atoms with van der Waals surface area (Å²) in [6, 6.07) is 11.7. The highest BCUT2D eigenvalue weighted by atomic mass is 16.6. The first-order valence-corrected chi connectivity index (χ1v) is 13.3. The second kappa shape index (κ2) is 18.0. The van der Waals surface area contributed by atoms with Crippen LogP contribution >= 0.6 is 0 Å². The van der Waals surface area contributed by atoms with Gasteiger partial charge in [0.05, 0.1) is 25.9 Å². The first-order chi connectivity index (χ1) is 19.3. The van der Waals surface area contributed by atoms with Gasteiger partial charge < -0.3 is 23.7 Å². The summed E-state index contributed by atoms with van der Waals surface area (Å²) in [5.41, 5.74) is 1.47. The van der Waals surface area contributed by atoms with Crippen LogP contribution in [0.3, 0.4) is 0 Å². The van der Waals surface area contributed by atoms with E-state index in [1.807, 2.05) is 0 Å². The number of rotatable bonds is 18. The topological polar surface area (TPSA) is 97.4 Å². The van der Waals surface area contributed by atoms with Gasteiger partial charge in [0.1, 0.15) is 12.4 Å². The maximum atomic E-state index is 12.7. The fraction of sp³-hybridized carbons (Fsp3) is 0.344.